The molecule has 3 aromatic rings. The molecule has 1 amide bonds. The second-order valence-corrected chi connectivity index (χ2v) is 9.35. The van der Waals surface area contributed by atoms with E-state index >= 15 is 0 Å². The highest BCUT2D eigenvalue weighted by atomic mass is 35.5. The molecule has 3 aromatic carbocycles. The molecular weight excluding hydrogens is 493 g/mol. The number of methoxy groups -OCH3 is 1. The number of ether oxygens (including phenoxy) is 1. The molecule has 34 heavy (non-hydrogen) atoms. The number of anilines is 1. The quantitative estimate of drug-likeness (QED) is 0.450. The average molecular weight is 513 g/mol. The van der Waals surface area contributed by atoms with Gasteiger partial charge in [-0.3, -0.25) is 4.79 Å². The summed E-state index contributed by atoms with van der Waals surface area (Å²) in [6.45, 7) is 0. The lowest BCUT2D eigenvalue weighted by Gasteiger charge is -2.19. The van der Waals surface area contributed by atoms with Crippen LogP contribution in [0, 0.1) is 0 Å². The predicted octanol–water partition coefficient (Wildman–Crippen LogP) is 4.90. The highest BCUT2D eigenvalue weighted by Crippen LogP contribution is 2.30. The molecule has 0 aliphatic heterocycles. The van der Waals surface area contributed by atoms with Crippen LogP contribution in [-0.4, -0.2) is 27.5 Å². The van der Waals surface area contributed by atoms with E-state index in [1.54, 1.807) is 30.3 Å². The molecule has 0 saturated heterocycles. The number of carbonyl (C=O) groups is 1. The van der Waals surface area contributed by atoms with Gasteiger partial charge in [-0.2, -0.15) is 17.9 Å². The normalized spacial score (nSPS) is 12.7. The van der Waals surface area contributed by atoms with Crippen LogP contribution in [0.2, 0.25) is 5.02 Å². The number of amides is 1. The van der Waals surface area contributed by atoms with Crippen molar-refractivity contribution in [1.82, 2.24) is 4.72 Å². The van der Waals surface area contributed by atoms with Crippen LogP contribution in [0.15, 0.2) is 77.7 Å². The first-order valence-electron chi connectivity index (χ1n) is 9.87. The average Bonchev–Trinajstić information content (AvgIpc) is 2.79. The van der Waals surface area contributed by atoms with Crippen LogP contribution in [-0.2, 0) is 27.4 Å². The third kappa shape index (κ3) is 6.49. The molecule has 0 unspecified atom stereocenters. The summed E-state index contributed by atoms with van der Waals surface area (Å²) in [5, 5.41) is 2.53. The minimum atomic E-state index is -4.52. The molecule has 0 bridgehead atoms. The molecule has 0 aromatic heterocycles. The number of hydrogen-bond acceptors (Lipinski definition) is 4. The Kier molecular flexibility index (Phi) is 7.86. The van der Waals surface area contributed by atoms with Crippen LogP contribution < -0.4 is 14.8 Å². The molecule has 0 spiro atoms. The van der Waals surface area contributed by atoms with Gasteiger partial charge in [0.15, 0.2) is 0 Å². The number of halogens is 4. The number of hydrogen-bond donors (Lipinski definition) is 2. The van der Waals surface area contributed by atoms with Crippen LogP contribution in [0.1, 0.15) is 11.1 Å². The fourth-order valence-corrected chi connectivity index (χ4v) is 4.62. The van der Waals surface area contributed by atoms with Crippen molar-refractivity contribution in [2.45, 2.75) is 23.5 Å². The molecule has 0 aliphatic carbocycles. The Morgan fingerprint density at radius 1 is 1.03 bits per heavy atom. The highest BCUT2D eigenvalue weighted by Gasteiger charge is 2.30. The molecule has 0 heterocycles. The van der Waals surface area contributed by atoms with Gasteiger partial charge in [0.1, 0.15) is 11.8 Å². The first kappa shape index (κ1) is 25.5. The maximum Gasteiger partial charge on any atom is 0.416 e. The van der Waals surface area contributed by atoms with Crippen molar-refractivity contribution in [3.05, 3.63) is 88.9 Å². The molecular formula is C23H20ClF3N2O4S. The molecule has 2 N–H and O–H groups in total. The maximum atomic E-state index is 13.0. The third-order valence-electron chi connectivity index (χ3n) is 4.81. The van der Waals surface area contributed by atoms with Crippen LogP contribution in [0.4, 0.5) is 18.9 Å². The van der Waals surface area contributed by atoms with Crippen molar-refractivity contribution in [2.75, 3.05) is 12.4 Å². The Hall–Kier alpha value is -3.08. The van der Waals surface area contributed by atoms with Crippen molar-refractivity contribution in [3.8, 4) is 5.75 Å². The van der Waals surface area contributed by atoms with E-state index in [4.69, 9.17) is 16.3 Å². The number of carbonyl (C=O) groups excluding carboxylic acids is 1. The lowest BCUT2D eigenvalue weighted by atomic mass is 10.1. The van der Waals surface area contributed by atoms with Crippen LogP contribution in [0.3, 0.4) is 0 Å². The molecule has 180 valence electrons. The number of rotatable bonds is 8. The van der Waals surface area contributed by atoms with Crippen LogP contribution in [0.25, 0.3) is 0 Å². The third-order valence-corrected chi connectivity index (χ3v) is 6.57. The van der Waals surface area contributed by atoms with Crippen molar-refractivity contribution in [1.29, 1.82) is 0 Å². The molecule has 0 radical (unpaired) electrons. The minimum absolute atomic E-state index is 0.00355. The van der Waals surface area contributed by atoms with E-state index in [1.165, 1.54) is 25.3 Å². The molecule has 1 atom stereocenters. The molecule has 11 heteroatoms. The zero-order valence-corrected chi connectivity index (χ0v) is 19.3. The minimum Gasteiger partial charge on any atom is -0.495 e. The molecule has 6 nitrogen and oxygen atoms in total. The van der Waals surface area contributed by atoms with E-state index in [0.717, 1.165) is 24.3 Å². The van der Waals surface area contributed by atoms with Gasteiger partial charge in [0, 0.05) is 5.69 Å². The van der Waals surface area contributed by atoms with E-state index in [9.17, 15) is 26.4 Å². The smallest absolute Gasteiger partial charge is 0.416 e. The van der Waals surface area contributed by atoms with Gasteiger partial charge in [-0.15, -0.1) is 0 Å². The van der Waals surface area contributed by atoms with Gasteiger partial charge >= 0.3 is 6.18 Å². The maximum absolute atomic E-state index is 13.0. The summed E-state index contributed by atoms with van der Waals surface area (Å²) in [5.74, 6) is -0.465. The van der Waals surface area contributed by atoms with E-state index in [-0.39, 0.29) is 27.8 Å². The zero-order valence-electron chi connectivity index (χ0n) is 17.8. The first-order valence-corrected chi connectivity index (χ1v) is 11.7. The van der Waals surface area contributed by atoms with Crippen LogP contribution >= 0.6 is 11.6 Å². The number of sulfonamides is 1. The molecule has 0 saturated carbocycles. The lowest BCUT2D eigenvalue weighted by molar-refractivity contribution is -0.137. The standard InChI is InChI=1S/C23H20ClF3N2O4S/c1-33-21-12-11-18(14-19(21)24)34(31,32)29-20(13-15-5-3-2-4-6-15)22(30)28-17-9-7-16(8-10-17)23(25,26)27/h2-12,14,20,29H,13H2,1H3,(H,28,30)/t20-/m1/s1. The molecule has 3 rings (SSSR count). The largest absolute Gasteiger partial charge is 0.495 e. The van der Waals surface area contributed by atoms with Crippen molar-refractivity contribution < 1.29 is 31.1 Å². The highest BCUT2D eigenvalue weighted by molar-refractivity contribution is 7.89. The second kappa shape index (κ2) is 10.5. The SMILES string of the molecule is COc1ccc(S(=O)(=O)N[C@H](Cc2ccccc2)C(=O)Nc2ccc(C(F)(F)F)cc2)cc1Cl. The van der Waals surface area contributed by atoms with Crippen molar-refractivity contribution >= 4 is 33.2 Å². The first-order chi connectivity index (χ1) is 16.0. The van der Waals surface area contributed by atoms with Gasteiger partial charge in [0.25, 0.3) is 0 Å². The van der Waals surface area contributed by atoms with Gasteiger partial charge in [-0.25, -0.2) is 8.42 Å². The van der Waals surface area contributed by atoms with Crippen LogP contribution in [0.5, 0.6) is 5.75 Å². The van der Waals surface area contributed by atoms with E-state index in [0.29, 0.717) is 5.56 Å². The van der Waals surface area contributed by atoms with Gasteiger partial charge in [0.2, 0.25) is 15.9 Å². The Labute approximate surface area is 199 Å². The summed E-state index contributed by atoms with van der Waals surface area (Å²) in [6, 6.07) is 15.1. The second-order valence-electron chi connectivity index (χ2n) is 7.22. The lowest BCUT2D eigenvalue weighted by Crippen LogP contribution is -2.45. The summed E-state index contributed by atoms with van der Waals surface area (Å²) >= 11 is 6.04. The van der Waals surface area contributed by atoms with Crippen molar-refractivity contribution in [3.63, 3.8) is 0 Å². The number of nitrogens with one attached hydrogen (secondary N) is 2. The van der Waals surface area contributed by atoms with Gasteiger partial charge in [-0.1, -0.05) is 41.9 Å². The summed E-state index contributed by atoms with van der Waals surface area (Å²) in [7, 11) is -2.81. The summed E-state index contributed by atoms with van der Waals surface area (Å²) in [6.07, 6.45) is -4.52. The molecule has 0 fully saturated rings. The van der Waals surface area contributed by atoms with Gasteiger partial charge < -0.3 is 10.1 Å². The van der Waals surface area contributed by atoms with E-state index in [1.807, 2.05) is 0 Å². The Bertz CT molecular complexity index is 1250. The van der Waals surface area contributed by atoms with Gasteiger partial charge in [0.05, 0.1) is 22.6 Å². The Morgan fingerprint density at radius 2 is 1.68 bits per heavy atom. The number of alkyl halides is 3. The Morgan fingerprint density at radius 3 is 2.24 bits per heavy atom. The van der Waals surface area contributed by atoms with Gasteiger partial charge in [-0.05, 0) is 54.4 Å². The topological polar surface area (TPSA) is 84.5 Å². The monoisotopic (exact) mass is 512 g/mol. The zero-order chi connectivity index (χ0) is 24.9. The fourth-order valence-electron chi connectivity index (χ4n) is 3.08. The number of benzene rings is 3. The predicted molar refractivity (Wildman–Crippen MR) is 122 cm³/mol. The summed E-state index contributed by atoms with van der Waals surface area (Å²) < 4.78 is 71.7. The van der Waals surface area contributed by atoms with E-state index < -0.39 is 33.7 Å². The van der Waals surface area contributed by atoms with Crippen molar-refractivity contribution in [2.24, 2.45) is 0 Å². The van der Waals surface area contributed by atoms with E-state index in [2.05, 4.69) is 10.0 Å². The fraction of sp³-hybridized carbons (Fsp3) is 0.174. The Balaban J connectivity index is 1.86. The summed E-state index contributed by atoms with van der Waals surface area (Å²) in [4.78, 5) is 12.8. The summed E-state index contributed by atoms with van der Waals surface area (Å²) in [5.41, 5.74) is -0.114. The molecule has 0 aliphatic rings.